The maximum atomic E-state index is 12.9. The summed E-state index contributed by atoms with van der Waals surface area (Å²) in [6, 6.07) is 17.5. The fourth-order valence-electron chi connectivity index (χ4n) is 4.12. The Labute approximate surface area is 211 Å². The largest absolute Gasteiger partial charge is 0.495 e. The molecule has 1 N–H and O–H groups in total. The van der Waals surface area contributed by atoms with Crippen LogP contribution in [0.15, 0.2) is 71.4 Å². The number of carbonyl (C=O) groups is 1. The first-order chi connectivity index (χ1) is 17.4. The summed E-state index contributed by atoms with van der Waals surface area (Å²) in [6.07, 6.45) is 3.32. The molecule has 0 radical (unpaired) electrons. The molecule has 186 valence electrons. The summed E-state index contributed by atoms with van der Waals surface area (Å²) in [5.41, 5.74) is 5.93. The van der Waals surface area contributed by atoms with Gasteiger partial charge in [0, 0.05) is 28.7 Å². The highest BCUT2D eigenvalue weighted by Gasteiger charge is 2.16. The highest BCUT2D eigenvalue weighted by atomic mass is 16.5. The van der Waals surface area contributed by atoms with E-state index in [0.29, 0.717) is 36.0 Å². The van der Waals surface area contributed by atoms with E-state index in [9.17, 15) is 4.79 Å². The van der Waals surface area contributed by atoms with Crippen LogP contribution in [0.1, 0.15) is 31.9 Å². The van der Waals surface area contributed by atoms with Gasteiger partial charge in [-0.25, -0.2) is 0 Å². The second kappa shape index (κ2) is 11.0. The molecule has 0 atom stereocenters. The Bertz CT molecular complexity index is 1400. The van der Waals surface area contributed by atoms with Gasteiger partial charge in [-0.15, -0.1) is 0 Å². The molecule has 6 nitrogen and oxygen atoms in total. The van der Waals surface area contributed by atoms with Crippen LogP contribution in [0.5, 0.6) is 17.2 Å². The van der Waals surface area contributed by atoms with Crippen molar-refractivity contribution in [2.45, 2.75) is 27.7 Å². The van der Waals surface area contributed by atoms with E-state index in [1.807, 2.05) is 82.3 Å². The molecule has 0 bridgehead atoms. The van der Waals surface area contributed by atoms with E-state index in [2.05, 4.69) is 5.32 Å². The highest BCUT2D eigenvalue weighted by Crippen LogP contribution is 2.38. The number of anilines is 1. The first kappa shape index (κ1) is 24.9. The third kappa shape index (κ3) is 5.38. The second-order valence-electron chi connectivity index (χ2n) is 8.40. The van der Waals surface area contributed by atoms with E-state index in [4.69, 9.17) is 18.6 Å². The lowest BCUT2D eigenvalue weighted by molar-refractivity contribution is -0.111. The van der Waals surface area contributed by atoms with Crippen LogP contribution in [0.2, 0.25) is 0 Å². The van der Waals surface area contributed by atoms with E-state index < -0.39 is 0 Å². The maximum Gasteiger partial charge on any atom is 0.248 e. The number of aryl methyl sites for hydroxylation is 1. The van der Waals surface area contributed by atoms with E-state index in [1.165, 1.54) is 0 Å². The first-order valence-electron chi connectivity index (χ1n) is 12.0. The molecule has 0 aliphatic rings. The fourth-order valence-corrected chi connectivity index (χ4v) is 4.12. The zero-order chi connectivity index (χ0) is 25.7. The normalized spacial score (nSPS) is 11.4. The smallest absolute Gasteiger partial charge is 0.248 e. The predicted molar refractivity (Wildman–Crippen MR) is 144 cm³/mol. The van der Waals surface area contributed by atoms with Crippen molar-refractivity contribution in [2.24, 2.45) is 0 Å². The lowest BCUT2D eigenvalue weighted by atomic mass is 9.99. The molecule has 0 aliphatic carbocycles. The topological polar surface area (TPSA) is 69.9 Å². The molecule has 1 amide bonds. The number of benzene rings is 3. The Morgan fingerprint density at radius 1 is 0.972 bits per heavy atom. The molecule has 0 spiro atoms. The molecule has 0 aliphatic heterocycles. The van der Waals surface area contributed by atoms with E-state index in [0.717, 1.165) is 39.0 Å². The molecule has 0 fully saturated rings. The lowest BCUT2D eigenvalue weighted by Crippen LogP contribution is -2.10. The van der Waals surface area contributed by atoms with Gasteiger partial charge in [-0.2, -0.15) is 0 Å². The minimum absolute atomic E-state index is 0.252. The molecule has 1 heterocycles. The van der Waals surface area contributed by atoms with Crippen molar-refractivity contribution >= 4 is 28.1 Å². The quantitative estimate of drug-likeness (QED) is 0.253. The Morgan fingerprint density at radius 2 is 1.72 bits per heavy atom. The molecule has 3 aromatic carbocycles. The van der Waals surface area contributed by atoms with Gasteiger partial charge >= 0.3 is 0 Å². The van der Waals surface area contributed by atoms with Crippen molar-refractivity contribution in [1.82, 2.24) is 0 Å². The Kier molecular flexibility index (Phi) is 7.64. The number of furan rings is 1. The minimum Gasteiger partial charge on any atom is -0.495 e. The monoisotopic (exact) mass is 485 g/mol. The number of hydrogen-bond acceptors (Lipinski definition) is 5. The molecule has 4 rings (SSSR count). The number of fused-ring (bicyclic) bond motifs is 1. The average molecular weight is 486 g/mol. The molecular weight excluding hydrogens is 454 g/mol. The van der Waals surface area contributed by atoms with Crippen molar-refractivity contribution in [3.63, 3.8) is 0 Å². The number of nitrogens with one attached hydrogen (secondary N) is 1. The molecule has 0 saturated heterocycles. The Hall–Kier alpha value is -4.19. The molecule has 36 heavy (non-hydrogen) atoms. The summed E-state index contributed by atoms with van der Waals surface area (Å²) in [5.74, 6) is 1.84. The molecular formula is C30H31NO5. The van der Waals surface area contributed by atoms with Crippen LogP contribution in [0.3, 0.4) is 0 Å². The predicted octanol–water partition coefficient (Wildman–Crippen LogP) is 7.26. The third-order valence-corrected chi connectivity index (χ3v) is 5.84. The summed E-state index contributed by atoms with van der Waals surface area (Å²) in [4.78, 5) is 12.9. The lowest BCUT2D eigenvalue weighted by Gasteiger charge is -2.13. The summed E-state index contributed by atoms with van der Waals surface area (Å²) in [7, 11) is 1.58. The van der Waals surface area contributed by atoms with Crippen molar-refractivity contribution < 1.29 is 23.4 Å². The standard InChI is InChI=1S/C30H31NO5/c1-6-34-22-11-9-21(10-12-22)25-18-36-29-17-28(35-7-2)23(16-24(25)29)20(4)15-30(32)31-26-14-19(3)8-13-27(26)33-5/h8-18H,6-7H2,1-5H3,(H,31,32)/b20-15+. The van der Waals surface area contributed by atoms with Crippen molar-refractivity contribution in [3.8, 4) is 28.4 Å². The summed E-state index contributed by atoms with van der Waals surface area (Å²) in [5, 5.41) is 3.86. The van der Waals surface area contributed by atoms with Crippen LogP contribution in [0, 0.1) is 6.92 Å². The van der Waals surface area contributed by atoms with Gasteiger partial charge in [-0.05, 0) is 74.7 Å². The number of ether oxygens (including phenoxy) is 3. The van der Waals surface area contributed by atoms with Gasteiger partial charge in [0.1, 0.15) is 22.8 Å². The summed E-state index contributed by atoms with van der Waals surface area (Å²) in [6.45, 7) is 8.86. The highest BCUT2D eigenvalue weighted by molar-refractivity contribution is 6.06. The van der Waals surface area contributed by atoms with Crippen LogP contribution in [-0.4, -0.2) is 26.2 Å². The van der Waals surface area contributed by atoms with Gasteiger partial charge in [-0.1, -0.05) is 18.2 Å². The van der Waals surface area contributed by atoms with E-state index >= 15 is 0 Å². The van der Waals surface area contributed by atoms with Crippen LogP contribution < -0.4 is 19.5 Å². The van der Waals surface area contributed by atoms with Crippen LogP contribution >= 0.6 is 0 Å². The van der Waals surface area contributed by atoms with Gasteiger partial charge in [0.05, 0.1) is 32.3 Å². The third-order valence-electron chi connectivity index (χ3n) is 5.84. The number of rotatable bonds is 9. The van der Waals surface area contributed by atoms with Crippen molar-refractivity contribution in [3.05, 3.63) is 78.1 Å². The molecule has 0 saturated carbocycles. The minimum atomic E-state index is -0.252. The number of methoxy groups -OCH3 is 1. The van der Waals surface area contributed by atoms with Gasteiger partial charge in [0.15, 0.2) is 0 Å². The Balaban J connectivity index is 1.70. The van der Waals surface area contributed by atoms with E-state index in [-0.39, 0.29) is 5.91 Å². The van der Waals surface area contributed by atoms with Gasteiger partial charge in [-0.3, -0.25) is 4.79 Å². The van der Waals surface area contributed by atoms with Crippen LogP contribution in [0.4, 0.5) is 5.69 Å². The summed E-state index contributed by atoms with van der Waals surface area (Å²) >= 11 is 0. The fraction of sp³-hybridized carbons (Fsp3) is 0.233. The zero-order valence-electron chi connectivity index (χ0n) is 21.3. The zero-order valence-corrected chi connectivity index (χ0v) is 21.3. The second-order valence-corrected chi connectivity index (χ2v) is 8.40. The Morgan fingerprint density at radius 3 is 2.42 bits per heavy atom. The molecule has 0 unspecified atom stereocenters. The molecule has 6 heteroatoms. The van der Waals surface area contributed by atoms with Crippen molar-refractivity contribution in [2.75, 3.05) is 25.6 Å². The van der Waals surface area contributed by atoms with Gasteiger partial charge in [0.25, 0.3) is 0 Å². The van der Waals surface area contributed by atoms with Gasteiger partial charge < -0.3 is 23.9 Å². The van der Waals surface area contributed by atoms with Gasteiger partial charge in [0.2, 0.25) is 5.91 Å². The van der Waals surface area contributed by atoms with E-state index in [1.54, 1.807) is 19.4 Å². The number of allylic oxidation sites excluding steroid dienone is 1. The van der Waals surface area contributed by atoms with Crippen LogP contribution in [0.25, 0.3) is 27.7 Å². The maximum absolute atomic E-state index is 12.9. The first-order valence-corrected chi connectivity index (χ1v) is 12.0. The number of carbonyl (C=O) groups excluding carboxylic acids is 1. The molecule has 1 aromatic heterocycles. The number of hydrogen-bond donors (Lipinski definition) is 1. The molecule has 4 aromatic rings. The average Bonchev–Trinajstić information content (AvgIpc) is 3.27. The SMILES string of the molecule is CCOc1ccc(-c2coc3cc(OCC)c(/C(C)=C/C(=O)Nc4cc(C)ccc4OC)cc23)cc1. The van der Waals surface area contributed by atoms with Crippen molar-refractivity contribution in [1.29, 1.82) is 0 Å². The summed E-state index contributed by atoms with van der Waals surface area (Å²) < 4.78 is 22.7. The van der Waals surface area contributed by atoms with Crippen LogP contribution in [-0.2, 0) is 4.79 Å². The number of amides is 1.